The zero-order valence-electron chi connectivity index (χ0n) is 8.78. The highest BCUT2D eigenvalue weighted by molar-refractivity contribution is 7.10. The average Bonchev–Trinajstić information content (AvgIpc) is 2.86. The first-order chi connectivity index (χ1) is 7.34. The molecule has 1 atom stereocenters. The predicted octanol–water partition coefficient (Wildman–Crippen LogP) is 2.82. The van der Waals surface area contributed by atoms with Crippen molar-refractivity contribution in [3.8, 4) is 0 Å². The summed E-state index contributed by atoms with van der Waals surface area (Å²) >= 11 is 1.66. The molecule has 2 heterocycles. The smallest absolute Gasteiger partial charge is 0.138 e. The van der Waals surface area contributed by atoms with Gasteiger partial charge >= 0.3 is 0 Å². The number of rotatable bonds is 5. The third-order valence-electron chi connectivity index (χ3n) is 2.72. The second-order valence-electron chi connectivity index (χ2n) is 3.97. The van der Waals surface area contributed by atoms with E-state index in [1.807, 2.05) is 17.5 Å². The van der Waals surface area contributed by atoms with Crippen molar-refractivity contribution >= 4 is 17.1 Å². The Labute approximate surface area is 94.3 Å². The Morgan fingerprint density at radius 2 is 2.53 bits per heavy atom. The number of hydrogen-bond donors (Lipinski definition) is 0. The molecule has 0 spiro atoms. The third-order valence-corrected chi connectivity index (χ3v) is 3.60. The Bertz CT molecular complexity index is 299. The molecule has 0 aliphatic carbocycles. The Morgan fingerprint density at radius 3 is 3.20 bits per heavy atom. The lowest BCUT2D eigenvalue weighted by Crippen LogP contribution is -2.09. The summed E-state index contributed by atoms with van der Waals surface area (Å²) in [5.74, 6) is 0.341. The summed E-state index contributed by atoms with van der Waals surface area (Å²) in [6.07, 6.45) is 4.81. The van der Waals surface area contributed by atoms with Crippen molar-refractivity contribution in [3.63, 3.8) is 0 Å². The molecule has 1 aliphatic heterocycles. The van der Waals surface area contributed by atoms with Gasteiger partial charge in [-0.2, -0.15) is 0 Å². The van der Waals surface area contributed by atoms with E-state index in [1.54, 1.807) is 11.3 Å². The Kier molecular flexibility index (Phi) is 3.92. The van der Waals surface area contributed by atoms with E-state index in [4.69, 9.17) is 4.74 Å². The summed E-state index contributed by atoms with van der Waals surface area (Å²) in [5, 5.41) is 2.02. The minimum absolute atomic E-state index is 0.341. The van der Waals surface area contributed by atoms with E-state index in [2.05, 4.69) is 0 Å². The molecule has 0 bridgehead atoms. The summed E-state index contributed by atoms with van der Waals surface area (Å²) in [5.41, 5.74) is 0. The average molecular weight is 224 g/mol. The molecule has 1 unspecified atom stereocenters. The minimum Gasteiger partial charge on any atom is -0.378 e. The molecule has 3 heteroatoms. The maximum Gasteiger partial charge on any atom is 0.138 e. The second-order valence-corrected chi connectivity index (χ2v) is 5.00. The van der Waals surface area contributed by atoms with Gasteiger partial charge in [-0.25, -0.2) is 0 Å². The van der Waals surface area contributed by atoms with Gasteiger partial charge in [-0.3, -0.25) is 4.79 Å². The Hall–Kier alpha value is -0.670. The number of ether oxygens (including phenoxy) is 1. The molecule has 1 aromatic rings. The van der Waals surface area contributed by atoms with Crippen LogP contribution in [0, 0.1) is 0 Å². The molecule has 0 aromatic carbocycles. The quantitative estimate of drug-likeness (QED) is 0.768. The topological polar surface area (TPSA) is 26.3 Å². The number of carbonyl (C=O) groups is 1. The summed E-state index contributed by atoms with van der Waals surface area (Å²) in [4.78, 5) is 12.8. The largest absolute Gasteiger partial charge is 0.378 e. The van der Waals surface area contributed by atoms with E-state index < -0.39 is 0 Å². The van der Waals surface area contributed by atoms with Gasteiger partial charge in [-0.1, -0.05) is 6.07 Å². The monoisotopic (exact) mass is 224 g/mol. The number of thiophene rings is 1. The van der Waals surface area contributed by atoms with Crippen LogP contribution in [0.4, 0.5) is 0 Å². The van der Waals surface area contributed by atoms with Crippen LogP contribution in [0.2, 0.25) is 0 Å². The SMILES string of the molecule is O=C(CCC1CCCO1)Cc1cccs1. The van der Waals surface area contributed by atoms with Crippen molar-refractivity contribution in [2.75, 3.05) is 6.61 Å². The fourth-order valence-corrected chi connectivity index (χ4v) is 2.62. The first-order valence-corrected chi connectivity index (χ1v) is 6.38. The maximum atomic E-state index is 11.6. The third kappa shape index (κ3) is 3.43. The second kappa shape index (κ2) is 5.42. The molecule has 0 saturated carbocycles. The standard InChI is InChI=1S/C12H16O2S/c13-10(9-12-4-2-8-15-12)5-6-11-3-1-7-14-11/h2,4,8,11H,1,3,5-7,9H2. The van der Waals surface area contributed by atoms with Gasteiger partial charge in [0.1, 0.15) is 5.78 Å². The van der Waals surface area contributed by atoms with Crippen molar-refractivity contribution in [1.82, 2.24) is 0 Å². The van der Waals surface area contributed by atoms with Gasteiger partial charge in [0.05, 0.1) is 6.10 Å². The van der Waals surface area contributed by atoms with E-state index >= 15 is 0 Å². The highest BCUT2D eigenvalue weighted by atomic mass is 32.1. The predicted molar refractivity (Wildman–Crippen MR) is 61.2 cm³/mol. The Balaban J connectivity index is 1.68. The van der Waals surface area contributed by atoms with Crippen molar-refractivity contribution in [2.45, 2.75) is 38.2 Å². The molecule has 0 radical (unpaired) electrons. The van der Waals surface area contributed by atoms with Crippen LogP contribution in [0.5, 0.6) is 0 Å². The van der Waals surface area contributed by atoms with Crippen LogP contribution in [0.15, 0.2) is 17.5 Å². The summed E-state index contributed by atoms with van der Waals surface area (Å²) in [6, 6.07) is 4.02. The van der Waals surface area contributed by atoms with Crippen LogP contribution < -0.4 is 0 Å². The van der Waals surface area contributed by atoms with Gasteiger partial charge in [0.15, 0.2) is 0 Å². The lowest BCUT2D eigenvalue weighted by atomic mass is 10.1. The van der Waals surface area contributed by atoms with Crippen molar-refractivity contribution in [1.29, 1.82) is 0 Å². The van der Waals surface area contributed by atoms with Crippen molar-refractivity contribution in [3.05, 3.63) is 22.4 Å². The van der Waals surface area contributed by atoms with E-state index in [9.17, 15) is 4.79 Å². The number of ketones is 1. The van der Waals surface area contributed by atoms with Crippen LogP contribution in [0.1, 0.15) is 30.6 Å². The molecule has 2 rings (SSSR count). The van der Waals surface area contributed by atoms with Crippen LogP contribution >= 0.6 is 11.3 Å². The molecule has 82 valence electrons. The van der Waals surface area contributed by atoms with Crippen LogP contribution in [0.25, 0.3) is 0 Å². The summed E-state index contributed by atoms with van der Waals surface area (Å²) in [7, 11) is 0. The molecule has 0 N–H and O–H groups in total. The fourth-order valence-electron chi connectivity index (χ4n) is 1.89. The lowest BCUT2D eigenvalue weighted by molar-refractivity contribution is -0.119. The minimum atomic E-state index is 0.341. The molecule has 1 fully saturated rings. The van der Waals surface area contributed by atoms with E-state index in [1.165, 1.54) is 4.88 Å². The summed E-state index contributed by atoms with van der Waals surface area (Å²) in [6.45, 7) is 0.879. The zero-order chi connectivity index (χ0) is 10.5. The number of Topliss-reactive ketones (excluding diaryl/α,β-unsaturated/α-hetero) is 1. The number of hydrogen-bond acceptors (Lipinski definition) is 3. The molecule has 1 saturated heterocycles. The molecule has 2 nitrogen and oxygen atoms in total. The van der Waals surface area contributed by atoms with Crippen LogP contribution in [-0.2, 0) is 16.0 Å². The molecule has 1 aromatic heterocycles. The molecular weight excluding hydrogens is 208 g/mol. The van der Waals surface area contributed by atoms with Crippen molar-refractivity contribution in [2.24, 2.45) is 0 Å². The van der Waals surface area contributed by atoms with Gasteiger partial charge in [0, 0.05) is 24.3 Å². The highest BCUT2D eigenvalue weighted by Gasteiger charge is 2.16. The van der Waals surface area contributed by atoms with Gasteiger partial charge in [0.25, 0.3) is 0 Å². The van der Waals surface area contributed by atoms with Gasteiger partial charge in [0.2, 0.25) is 0 Å². The van der Waals surface area contributed by atoms with Crippen molar-refractivity contribution < 1.29 is 9.53 Å². The van der Waals surface area contributed by atoms with Gasteiger partial charge < -0.3 is 4.74 Å². The highest BCUT2D eigenvalue weighted by Crippen LogP contribution is 2.18. The molecule has 1 aliphatic rings. The van der Waals surface area contributed by atoms with Crippen LogP contribution in [-0.4, -0.2) is 18.5 Å². The van der Waals surface area contributed by atoms with E-state index in [0.717, 1.165) is 25.9 Å². The normalized spacial score (nSPS) is 20.7. The first kappa shape index (κ1) is 10.8. The molecular formula is C12H16O2S. The maximum absolute atomic E-state index is 11.6. The van der Waals surface area contributed by atoms with E-state index in [-0.39, 0.29) is 0 Å². The lowest BCUT2D eigenvalue weighted by Gasteiger charge is -2.07. The first-order valence-electron chi connectivity index (χ1n) is 5.50. The van der Waals surface area contributed by atoms with Crippen LogP contribution in [0.3, 0.4) is 0 Å². The fraction of sp³-hybridized carbons (Fsp3) is 0.583. The zero-order valence-corrected chi connectivity index (χ0v) is 9.59. The number of carbonyl (C=O) groups excluding carboxylic acids is 1. The molecule has 0 amide bonds. The van der Waals surface area contributed by atoms with E-state index in [0.29, 0.717) is 24.7 Å². The Morgan fingerprint density at radius 1 is 1.60 bits per heavy atom. The van der Waals surface area contributed by atoms with Gasteiger partial charge in [-0.15, -0.1) is 11.3 Å². The molecule has 15 heavy (non-hydrogen) atoms. The van der Waals surface area contributed by atoms with Gasteiger partial charge in [-0.05, 0) is 30.7 Å². The summed E-state index contributed by atoms with van der Waals surface area (Å²) < 4.78 is 5.49.